The fraction of sp³-hybridized carbons (Fsp3) is 0.500. The van der Waals surface area contributed by atoms with Crippen LogP contribution < -0.4 is 5.32 Å². The van der Waals surface area contributed by atoms with Gasteiger partial charge in [0.1, 0.15) is 0 Å². The van der Waals surface area contributed by atoms with Gasteiger partial charge in [0, 0.05) is 11.1 Å². The Morgan fingerprint density at radius 1 is 1.35 bits per heavy atom. The van der Waals surface area contributed by atoms with Crippen molar-refractivity contribution in [1.29, 1.82) is 0 Å². The van der Waals surface area contributed by atoms with Gasteiger partial charge in [-0.2, -0.15) is 0 Å². The smallest absolute Gasteiger partial charge is 0.413 e. The summed E-state index contributed by atoms with van der Waals surface area (Å²) in [6.07, 6.45) is 1.14. The molecule has 17 heavy (non-hydrogen) atoms. The molecule has 0 atom stereocenters. The highest BCUT2D eigenvalue weighted by Crippen LogP contribution is 2.18. The van der Waals surface area contributed by atoms with Crippen molar-refractivity contribution in [3.05, 3.63) is 11.1 Å². The lowest BCUT2D eigenvalue weighted by Crippen LogP contribution is -2.12. The van der Waals surface area contributed by atoms with E-state index in [4.69, 9.17) is 9.47 Å². The topological polar surface area (TPSA) is 77.5 Å². The van der Waals surface area contributed by atoms with Crippen molar-refractivity contribution < 1.29 is 19.1 Å². The molecule has 0 aromatic carbocycles. The third kappa shape index (κ3) is 4.81. The third-order valence-electron chi connectivity index (χ3n) is 1.66. The highest BCUT2D eigenvalue weighted by atomic mass is 32.1. The second-order valence-corrected chi connectivity index (χ2v) is 4.07. The molecule has 94 valence electrons. The molecule has 1 rings (SSSR count). The van der Waals surface area contributed by atoms with Crippen LogP contribution in [-0.4, -0.2) is 30.3 Å². The van der Waals surface area contributed by atoms with E-state index in [0.29, 0.717) is 18.3 Å². The first-order chi connectivity index (χ1) is 8.15. The van der Waals surface area contributed by atoms with E-state index in [1.54, 1.807) is 13.8 Å². The van der Waals surface area contributed by atoms with E-state index < -0.39 is 6.09 Å². The Balaban J connectivity index is 2.47. The number of thiazole rings is 1. The molecule has 1 aromatic heterocycles. The largest absolute Gasteiger partial charge is 0.466 e. The summed E-state index contributed by atoms with van der Waals surface area (Å²) in [5, 5.41) is 2.87. The average molecular weight is 258 g/mol. The number of anilines is 1. The first-order valence-corrected chi connectivity index (χ1v) is 6.01. The molecule has 1 heterocycles. The lowest BCUT2D eigenvalue weighted by Gasteiger charge is -2.00. The van der Waals surface area contributed by atoms with E-state index in [0.717, 1.165) is 4.88 Å². The first-order valence-electron chi connectivity index (χ1n) is 5.19. The molecular formula is C10H14N2O4S. The molecule has 0 unspecified atom stereocenters. The van der Waals surface area contributed by atoms with Gasteiger partial charge in [-0.1, -0.05) is 0 Å². The maximum atomic E-state index is 11.2. The van der Waals surface area contributed by atoms with Gasteiger partial charge in [0.25, 0.3) is 0 Å². The lowest BCUT2D eigenvalue weighted by atomic mass is 10.4. The normalized spacial score (nSPS) is 9.76. The summed E-state index contributed by atoms with van der Waals surface area (Å²) in [6, 6.07) is 0. The van der Waals surface area contributed by atoms with E-state index in [1.165, 1.54) is 17.5 Å². The molecule has 1 amide bonds. The van der Waals surface area contributed by atoms with Crippen molar-refractivity contribution in [2.75, 3.05) is 18.5 Å². The molecule has 0 fully saturated rings. The quantitative estimate of drug-likeness (QED) is 0.815. The maximum absolute atomic E-state index is 11.2. The summed E-state index contributed by atoms with van der Waals surface area (Å²) >= 11 is 1.22. The molecule has 0 saturated heterocycles. The van der Waals surface area contributed by atoms with Gasteiger partial charge in [-0.05, 0) is 13.8 Å². The number of nitrogens with one attached hydrogen (secondary N) is 1. The molecule has 0 radical (unpaired) electrons. The standard InChI is InChI=1S/C10H14N2O4S/c1-3-15-8(13)5-7-6-11-9(17-7)12-10(14)16-4-2/h6H,3-5H2,1-2H3,(H,11,12,14). The van der Waals surface area contributed by atoms with Gasteiger partial charge in [0.05, 0.1) is 19.6 Å². The van der Waals surface area contributed by atoms with Gasteiger partial charge in [0.2, 0.25) is 0 Å². The van der Waals surface area contributed by atoms with Crippen molar-refractivity contribution in [2.24, 2.45) is 0 Å². The van der Waals surface area contributed by atoms with E-state index in [1.807, 2.05) is 0 Å². The second-order valence-electron chi connectivity index (χ2n) is 2.96. The van der Waals surface area contributed by atoms with Crippen LogP contribution in [0.15, 0.2) is 6.20 Å². The van der Waals surface area contributed by atoms with Crippen molar-refractivity contribution in [3.63, 3.8) is 0 Å². The number of nitrogens with zero attached hydrogens (tertiary/aromatic N) is 1. The summed E-state index contributed by atoms with van der Waals surface area (Å²) in [5.74, 6) is -0.307. The van der Waals surface area contributed by atoms with Crippen LogP contribution in [0.2, 0.25) is 0 Å². The maximum Gasteiger partial charge on any atom is 0.413 e. The predicted molar refractivity (Wildman–Crippen MR) is 63.1 cm³/mol. The van der Waals surface area contributed by atoms with Crippen LogP contribution in [0.25, 0.3) is 0 Å². The molecule has 1 N–H and O–H groups in total. The van der Waals surface area contributed by atoms with Crippen LogP contribution in [-0.2, 0) is 20.7 Å². The Bertz CT molecular complexity index is 357. The Kier molecular flexibility index (Phi) is 5.41. The van der Waals surface area contributed by atoms with Crippen LogP contribution >= 0.6 is 11.3 Å². The zero-order chi connectivity index (χ0) is 12.7. The fourth-order valence-corrected chi connectivity index (χ4v) is 1.84. The average Bonchev–Trinajstić information content (AvgIpc) is 2.66. The van der Waals surface area contributed by atoms with Gasteiger partial charge in [-0.25, -0.2) is 9.78 Å². The van der Waals surface area contributed by atoms with Crippen LogP contribution in [0.1, 0.15) is 18.7 Å². The SMILES string of the molecule is CCOC(=O)Cc1cnc(NC(=O)OCC)s1. The summed E-state index contributed by atoms with van der Waals surface area (Å²) in [6.45, 7) is 4.12. The van der Waals surface area contributed by atoms with Crippen LogP contribution in [0.3, 0.4) is 0 Å². The molecular weight excluding hydrogens is 244 g/mol. The summed E-state index contributed by atoms with van der Waals surface area (Å²) in [7, 11) is 0. The van der Waals surface area contributed by atoms with Crippen LogP contribution in [0, 0.1) is 0 Å². The van der Waals surface area contributed by atoms with Gasteiger partial charge in [-0.3, -0.25) is 10.1 Å². The third-order valence-corrected chi connectivity index (χ3v) is 2.57. The molecule has 0 saturated carbocycles. The van der Waals surface area contributed by atoms with Crippen LogP contribution in [0.4, 0.5) is 9.93 Å². The fourth-order valence-electron chi connectivity index (χ4n) is 1.06. The molecule has 0 spiro atoms. The van der Waals surface area contributed by atoms with E-state index in [-0.39, 0.29) is 12.4 Å². The van der Waals surface area contributed by atoms with E-state index in [2.05, 4.69) is 10.3 Å². The van der Waals surface area contributed by atoms with Crippen molar-refractivity contribution in [3.8, 4) is 0 Å². The van der Waals surface area contributed by atoms with Crippen molar-refractivity contribution in [2.45, 2.75) is 20.3 Å². The Morgan fingerprint density at radius 2 is 2.06 bits per heavy atom. The number of amides is 1. The zero-order valence-electron chi connectivity index (χ0n) is 9.69. The highest BCUT2D eigenvalue weighted by molar-refractivity contribution is 7.15. The minimum absolute atomic E-state index is 0.163. The molecule has 1 aromatic rings. The minimum atomic E-state index is -0.551. The Labute approximate surface area is 103 Å². The first kappa shape index (κ1) is 13.4. The number of carbonyl (C=O) groups excluding carboxylic acids is 2. The summed E-state index contributed by atoms with van der Waals surface area (Å²) in [5.41, 5.74) is 0. The van der Waals surface area contributed by atoms with E-state index >= 15 is 0 Å². The number of carbonyl (C=O) groups is 2. The molecule has 0 aliphatic heterocycles. The molecule has 6 nitrogen and oxygen atoms in total. The molecule has 0 aliphatic rings. The Morgan fingerprint density at radius 3 is 2.71 bits per heavy atom. The molecule has 0 bridgehead atoms. The lowest BCUT2D eigenvalue weighted by molar-refractivity contribution is -0.142. The minimum Gasteiger partial charge on any atom is -0.466 e. The molecule has 0 aliphatic carbocycles. The Hall–Kier alpha value is -1.63. The number of esters is 1. The van der Waals surface area contributed by atoms with E-state index in [9.17, 15) is 9.59 Å². The number of rotatable bonds is 5. The van der Waals surface area contributed by atoms with Gasteiger partial charge in [-0.15, -0.1) is 11.3 Å². The number of aromatic nitrogens is 1. The van der Waals surface area contributed by atoms with Crippen molar-refractivity contribution >= 4 is 28.5 Å². The number of ether oxygens (including phenoxy) is 2. The van der Waals surface area contributed by atoms with Gasteiger partial charge in [0.15, 0.2) is 5.13 Å². The highest BCUT2D eigenvalue weighted by Gasteiger charge is 2.10. The van der Waals surface area contributed by atoms with Crippen molar-refractivity contribution in [1.82, 2.24) is 4.98 Å². The summed E-state index contributed by atoms with van der Waals surface area (Å²) < 4.78 is 9.50. The number of hydrogen-bond donors (Lipinski definition) is 1. The summed E-state index contributed by atoms with van der Waals surface area (Å²) in [4.78, 5) is 27.0. The van der Waals surface area contributed by atoms with Crippen LogP contribution in [0.5, 0.6) is 0 Å². The predicted octanol–water partition coefficient (Wildman–Crippen LogP) is 1.82. The second kappa shape index (κ2) is 6.85. The monoisotopic (exact) mass is 258 g/mol. The molecule has 7 heteroatoms. The zero-order valence-corrected chi connectivity index (χ0v) is 10.5. The van der Waals surface area contributed by atoms with Gasteiger partial charge >= 0.3 is 12.1 Å². The van der Waals surface area contributed by atoms with Gasteiger partial charge < -0.3 is 9.47 Å². The number of hydrogen-bond acceptors (Lipinski definition) is 6.